The fourth-order valence-corrected chi connectivity index (χ4v) is 5.08. The van der Waals surface area contributed by atoms with E-state index in [-0.39, 0.29) is 5.41 Å². The lowest BCUT2D eigenvalue weighted by molar-refractivity contribution is -0.177. The van der Waals surface area contributed by atoms with Gasteiger partial charge in [0, 0.05) is 0 Å². The van der Waals surface area contributed by atoms with E-state index in [9.17, 15) is 9.90 Å². The molecule has 0 saturated heterocycles. The van der Waals surface area contributed by atoms with E-state index in [0.29, 0.717) is 23.7 Å². The Balaban J connectivity index is 1.98. The van der Waals surface area contributed by atoms with Gasteiger partial charge in [-0.25, -0.2) is 0 Å². The third-order valence-electron chi connectivity index (χ3n) is 5.37. The molecular weight excluding hydrogens is 200 g/mol. The zero-order valence-corrected chi connectivity index (χ0v) is 9.69. The van der Waals surface area contributed by atoms with E-state index in [1.54, 1.807) is 0 Å². The Bertz CT molecular complexity index is 320. The van der Waals surface area contributed by atoms with Gasteiger partial charge in [-0.1, -0.05) is 6.08 Å². The maximum absolute atomic E-state index is 11.7. The molecule has 4 fully saturated rings. The Morgan fingerprint density at radius 3 is 2.44 bits per heavy atom. The lowest BCUT2D eigenvalue weighted by Gasteiger charge is -2.59. The third-order valence-corrected chi connectivity index (χ3v) is 5.37. The summed E-state index contributed by atoms with van der Waals surface area (Å²) in [6, 6.07) is 0. The quantitative estimate of drug-likeness (QED) is 0.742. The van der Waals surface area contributed by atoms with Crippen LogP contribution in [0, 0.1) is 29.1 Å². The minimum absolute atomic E-state index is 0.371. The van der Waals surface area contributed by atoms with Crippen molar-refractivity contribution < 1.29 is 9.90 Å². The minimum Gasteiger partial charge on any atom is -0.481 e. The summed E-state index contributed by atoms with van der Waals surface area (Å²) in [4.78, 5) is 11.7. The molecule has 16 heavy (non-hydrogen) atoms. The maximum Gasteiger partial charge on any atom is 0.309 e. The van der Waals surface area contributed by atoms with Gasteiger partial charge in [0.1, 0.15) is 0 Å². The number of hydrogen-bond donors (Lipinski definition) is 1. The number of rotatable bonds is 3. The summed E-state index contributed by atoms with van der Waals surface area (Å²) < 4.78 is 0. The molecule has 0 aromatic heterocycles. The van der Waals surface area contributed by atoms with Gasteiger partial charge in [-0.05, 0) is 62.2 Å². The van der Waals surface area contributed by atoms with Crippen LogP contribution in [0.15, 0.2) is 12.7 Å². The summed E-state index contributed by atoms with van der Waals surface area (Å²) in [5.41, 5.74) is -0.386. The van der Waals surface area contributed by atoms with Crippen LogP contribution in [0.25, 0.3) is 0 Å². The van der Waals surface area contributed by atoms with E-state index in [0.717, 1.165) is 19.3 Å². The molecule has 0 aromatic rings. The van der Waals surface area contributed by atoms with Crippen molar-refractivity contribution in [3.8, 4) is 0 Å². The van der Waals surface area contributed by atoms with E-state index < -0.39 is 5.97 Å². The topological polar surface area (TPSA) is 37.3 Å². The van der Waals surface area contributed by atoms with Crippen LogP contribution in [0.3, 0.4) is 0 Å². The van der Waals surface area contributed by atoms with Crippen molar-refractivity contribution in [2.75, 3.05) is 0 Å². The first-order chi connectivity index (χ1) is 7.65. The van der Waals surface area contributed by atoms with Crippen molar-refractivity contribution in [3.63, 3.8) is 0 Å². The van der Waals surface area contributed by atoms with E-state index >= 15 is 0 Å². The second-order valence-electron chi connectivity index (χ2n) is 6.20. The van der Waals surface area contributed by atoms with Gasteiger partial charge in [0.15, 0.2) is 0 Å². The van der Waals surface area contributed by atoms with Gasteiger partial charge in [-0.2, -0.15) is 0 Å². The first-order valence-electron chi connectivity index (χ1n) is 6.50. The summed E-state index contributed by atoms with van der Waals surface area (Å²) in [6.07, 6.45) is 8.57. The Labute approximate surface area is 96.7 Å². The molecule has 0 spiro atoms. The fourth-order valence-electron chi connectivity index (χ4n) is 5.08. The number of allylic oxidation sites excluding steroid dienone is 1. The summed E-state index contributed by atoms with van der Waals surface area (Å²) >= 11 is 0. The molecule has 1 N–H and O–H groups in total. The van der Waals surface area contributed by atoms with Gasteiger partial charge in [0.25, 0.3) is 0 Å². The second-order valence-corrected chi connectivity index (χ2v) is 6.20. The monoisotopic (exact) mass is 220 g/mol. The number of hydrogen-bond acceptors (Lipinski definition) is 1. The fraction of sp³-hybridized carbons (Fsp3) is 0.786. The van der Waals surface area contributed by atoms with Crippen LogP contribution >= 0.6 is 0 Å². The van der Waals surface area contributed by atoms with Gasteiger partial charge < -0.3 is 5.11 Å². The minimum atomic E-state index is -0.529. The zero-order chi connectivity index (χ0) is 11.3. The predicted octanol–water partition coefficient (Wildman–Crippen LogP) is 3.09. The highest BCUT2D eigenvalue weighted by atomic mass is 16.4. The van der Waals surface area contributed by atoms with Gasteiger partial charge in [0.05, 0.1) is 5.41 Å². The van der Waals surface area contributed by atoms with Crippen molar-refractivity contribution in [3.05, 3.63) is 12.7 Å². The average molecular weight is 220 g/mol. The van der Waals surface area contributed by atoms with Gasteiger partial charge >= 0.3 is 5.97 Å². The standard InChI is InChI=1S/C14H20O2/c1-2-3-12-11-5-9-4-10(6-11)8-14(12,7-9)13(15)16/h2,9-12H,1,3-8H2,(H,15,16). The Kier molecular flexibility index (Phi) is 2.17. The van der Waals surface area contributed by atoms with Crippen LogP contribution in [0.4, 0.5) is 0 Å². The Hall–Kier alpha value is -0.790. The molecule has 0 radical (unpaired) electrons. The second kappa shape index (κ2) is 3.35. The van der Waals surface area contributed by atoms with E-state index in [4.69, 9.17) is 0 Å². The van der Waals surface area contributed by atoms with E-state index in [1.807, 2.05) is 6.08 Å². The normalized spacial score (nSPS) is 49.2. The lowest BCUT2D eigenvalue weighted by atomic mass is 9.44. The van der Waals surface area contributed by atoms with Crippen molar-refractivity contribution in [2.24, 2.45) is 29.1 Å². The van der Waals surface area contributed by atoms with Crippen molar-refractivity contribution in [1.29, 1.82) is 0 Å². The van der Waals surface area contributed by atoms with Crippen LogP contribution in [-0.2, 0) is 4.79 Å². The zero-order valence-electron chi connectivity index (χ0n) is 9.69. The van der Waals surface area contributed by atoms with Gasteiger partial charge in [0.2, 0.25) is 0 Å². The van der Waals surface area contributed by atoms with E-state index in [1.165, 1.54) is 19.3 Å². The van der Waals surface area contributed by atoms with Gasteiger partial charge in [-0.15, -0.1) is 6.58 Å². The summed E-state index contributed by atoms with van der Waals surface area (Å²) in [6.45, 7) is 3.81. The Morgan fingerprint density at radius 2 is 1.94 bits per heavy atom. The summed E-state index contributed by atoms with van der Waals surface area (Å²) in [7, 11) is 0. The molecule has 0 aliphatic heterocycles. The molecule has 4 saturated carbocycles. The van der Waals surface area contributed by atoms with Crippen LogP contribution < -0.4 is 0 Å². The molecule has 88 valence electrons. The van der Waals surface area contributed by atoms with E-state index in [2.05, 4.69) is 6.58 Å². The molecular formula is C14H20O2. The number of carbonyl (C=O) groups is 1. The van der Waals surface area contributed by atoms with Crippen molar-refractivity contribution >= 4 is 5.97 Å². The largest absolute Gasteiger partial charge is 0.481 e. The molecule has 4 bridgehead atoms. The van der Waals surface area contributed by atoms with Crippen molar-refractivity contribution in [2.45, 2.75) is 38.5 Å². The summed E-state index contributed by atoms with van der Waals surface area (Å²) in [5, 5.41) is 9.64. The van der Waals surface area contributed by atoms with Crippen LogP contribution in [0.1, 0.15) is 38.5 Å². The SMILES string of the molecule is C=CCC1C2CC3CC(C2)CC1(C(=O)O)C3. The van der Waals surface area contributed by atoms with Crippen molar-refractivity contribution in [1.82, 2.24) is 0 Å². The molecule has 2 heteroatoms. The number of aliphatic carboxylic acids is 1. The molecule has 0 heterocycles. The third kappa shape index (κ3) is 1.22. The molecule has 4 aliphatic rings. The molecule has 3 atom stereocenters. The lowest BCUT2D eigenvalue weighted by Crippen LogP contribution is -2.56. The smallest absolute Gasteiger partial charge is 0.309 e. The molecule has 0 aromatic carbocycles. The number of carboxylic acids is 1. The highest BCUT2D eigenvalue weighted by Crippen LogP contribution is 2.63. The molecule has 2 nitrogen and oxygen atoms in total. The maximum atomic E-state index is 11.7. The predicted molar refractivity (Wildman–Crippen MR) is 61.9 cm³/mol. The first-order valence-corrected chi connectivity index (χ1v) is 6.50. The van der Waals surface area contributed by atoms with Gasteiger partial charge in [-0.3, -0.25) is 4.79 Å². The number of carboxylic acid groups (broad SMARTS) is 1. The average Bonchev–Trinajstić information content (AvgIpc) is 2.22. The highest BCUT2D eigenvalue weighted by Gasteiger charge is 2.60. The molecule has 0 amide bonds. The van der Waals surface area contributed by atoms with Crippen LogP contribution in [-0.4, -0.2) is 11.1 Å². The first kappa shape index (κ1) is 10.4. The van der Waals surface area contributed by atoms with Crippen LogP contribution in [0.5, 0.6) is 0 Å². The molecule has 4 aliphatic carbocycles. The molecule has 3 unspecified atom stereocenters. The Morgan fingerprint density at radius 1 is 1.31 bits per heavy atom. The highest BCUT2D eigenvalue weighted by molar-refractivity contribution is 5.76. The van der Waals surface area contributed by atoms with Crippen LogP contribution in [0.2, 0.25) is 0 Å². The molecule has 4 rings (SSSR count). The summed E-state index contributed by atoms with van der Waals surface area (Å²) in [5.74, 6) is 1.92.